The molecule has 9 nitrogen and oxygen atoms in total. The third-order valence-electron chi connectivity index (χ3n) is 13.8. The van der Waals surface area contributed by atoms with E-state index in [2.05, 4.69) is 74.6 Å². The molecule has 0 rings (SSSR count). The van der Waals surface area contributed by atoms with E-state index in [1.807, 2.05) is 21.1 Å². The van der Waals surface area contributed by atoms with Crippen molar-refractivity contribution in [3.63, 3.8) is 0 Å². The van der Waals surface area contributed by atoms with Crippen molar-refractivity contribution < 1.29 is 42.9 Å². The second-order valence-electron chi connectivity index (χ2n) is 22.3. The minimum absolute atomic E-state index is 0.185. The van der Waals surface area contributed by atoms with E-state index >= 15 is 0 Å². The average molecular weight is 1060 g/mol. The van der Waals surface area contributed by atoms with Crippen LogP contribution in [0.25, 0.3) is 0 Å². The zero-order valence-corrected chi connectivity index (χ0v) is 49.7. The maximum absolute atomic E-state index is 12.9. The third-order valence-corrected chi connectivity index (χ3v) is 13.8. The molecule has 0 aromatic rings. The summed E-state index contributed by atoms with van der Waals surface area (Å²) in [4.78, 5) is 37.4. The summed E-state index contributed by atoms with van der Waals surface area (Å²) < 4.78 is 22.9. The molecule has 9 heteroatoms. The number of carbonyl (C=O) groups excluding carboxylic acids is 2. The van der Waals surface area contributed by atoms with Gasteiger partial charge in [-0.25, -0.2) is 4.79 Å². The quantitative estimate of drug-likeness (QED) is 0.0211. The number of nitrogens with zero attached hydrogens (tertiary/aromatic N) is 1. The number of rotatable bonds is 58. The van der Waals surface area contributed by atoms with Crippen molar-refractivity contribution in [2.24, 2.45) is 0 Å². The first-order chi connectivity index (χ1) is 36.6. The smallest absolute Gasteiger partial charge is 0.361 e. The van der Waals surface area contributed by atoms with Crippen molar-refractivity contribution in [3.8, 4) is 0 Å². The van der Waals surface area contributed by atoms with Crippen molar-refractivity contribution in [2.75, 3.05) is 47.5 Å². The monoisotopic (exact) mass is 1050 g/mol. The number of hydrogen-bond acceptors (Lipinski definition) is 7. The number of esters is 2. The molecule has 1 N–H and O–H groups in total. The molecule has 436 valence electrons. The molecule has 2 atom stereocenters. The van der Waals surface area contributed by atoms with E-state index < -0.39 is 24.3 Å². The molecule has 0 amide bonds. The molecule has 0 heterocycles. The highest BCUT2D eigenvalue weighted by molar-refractivity contribution is 5.71. The minimum atomic E-state index is -1.51. The van der Waals surface area contributed by atoms with E-state index in [4.69, 9.17) is 18.9 Å². The van der Waals surface area contributed by atoms with Gasteiger partial charge in [0.1, 0.15) is 13.2 Å². The van der Waals surface area contributed by atoms with Crippen LogP contribution >= 0.6 is 0 Å². The van der Waals surface area contributed by atoms with Gasteiger partial charge < -0.3 is 28.5 Å². The first-order valence-electron chi connectivity index (χ1n) is 31.5. The Morgan fingerprint density at radius 1 is 0.413 bits per heavy atom. The summed E-state index contributed by atoms with van der Waals surface area (Å²) in [7, 11) is 5.97. The van der Waals surface area contributed by atoms with E-state index in [9.17, 15) is 19.5 Å². The molecule has 0 radical (unpaired) electrons. The number of hydrogen-bond donors (Lipinski definition) is 1. The highest BCUT2D eigenvalue weighted by Gasteiger charge is 2.25. The summed E-state index contributed by atoms with van der Waals surface area (Å²) in [5, 5.41) is 9.71. The van der Waals surface area contributed by atoms with Crippen LogP contribution in [0.3, 0.4) is 0 Å². The highest BCUT2D eigenvalue weighted by atomic mass is 16.7. The standard InChI is InChI=1S/C66H119NO8/c1-6-8-10-12-14-16-18-20-22-24-25-26-27-28-29-30-31-32-33-34-35-36-37-38-39-41-42-44-46-48-50-52-54-56-63(68)73-60-62(61-74-66(65(70)71)72-59-58-67(3,4)5)75-64(69)57-55-53-51-49-47-45-43-40-23-21-19-17-15-13-11-9-7-2/h9,11,15,17-18,20-21,23-25,62,66H,6-8,10,12-14,16,19,22,26-61H2,1-5H3/p+1/b11-9-,17-15-,20-18-,23-21-,25-24-. The van der Waals surface area contributed by atoms with Gasteiger partial charge in [-0.15, -0.1) is 0 Å². The Morgan fingerprint density at radius 3 is 1.13 bits per heavy atom. The number of allylic oxidation sites excluding steroid dienone is 10. The summed E-state index contributed by atoms with van der Waals surface area (Å²) in [6.45, 7) is 4.77. The molecule has 0 aromatic carbocycles. The van der Waals surface area contributed by atoms with E-state index in [-0.39, 0.29) is 32.2 Å². The fourth-order valence-corrected chi connectivity index (χ4v) is 8.94. The normalized spacial score (nSPS) is 13.1. The van der Waals surface area contributed by atoms with Gasteiger partial charge in [-0.05, 0) is 77.0 Å². The maximum atomic E-state index is 12.9. The van der Waals surface area contributed by atoms with Crippen molar-refractivity contribution in [2.45, 2.75) is 296 Å². The number of carboxylic acid groups (broad SMARTS) is 1. The van der Waals surface area contributed by atoms with Gasteiger partial charge in [0.2, 0.25) is 0 Å². The van der Waals surface area contributed by atoms with Gasteiger partial charge in [-0.3, -0.25) is 9.59 Å². The molecular formula is C66H120NO8+. The second-order valence-corrected chi connectivity index (χ2v) is 22.3. The van der Waals surface area contributed by atoms with Crippen LogP contribution in [0.1, 0.15) is 284 Å². The molecule has 0 aliphatic carbocycles. The maximum Gasteiger partial charge on any atom is 0.361 e. The van der Waals surface area contributed by atoms with Crippen molar-refractivity contribution in [1.82, 2.24) is 0 Å². The summed E-state index contributed by atoms with van der Waals surface area (Å²) >= 11 is 0. The molecule has 75 heavy (non-hydrogen) atoms. The first-order valence-corrected chi connectivity index (χ1v) is 31.5. The Balaban J connectivity index is 4.06. The predicted molar refractivity (Wildman–Crippen MR) is 318 cm³/mol. The van der Waals surface area contributed by atoms with Crippen molar-refractivity contribution in [1.29, 1.82) is 0 Å². The summed E-state index contributed by atoms with van der Waals surface area (Å²) in [6.07, 6.45) is 70.4. The van der Waals surface area contributed by atoms with Crippen molar-refractivity contribution in [3.05, 3.63) is 60.8 Å². The van der Waals surface area contributed by atoms with Gasteiger partial charge in [-0.1, -0.05) is 254 Å². The fraction of sp³-hybridized carbons (Fsp3) is 0.803. The largest absolute Gasteiger partial charge is 0.477 e. The predicted octanol–water partition coefficient (Wildman–Crippen LogP) is 18.8. The van der Waals surface area contributed by atoms with Gasteiger partial charge >= 0.3 is 17.9 Å². The van der Waals surface area contributed by atoms with Gasteiger partial charge in [-0.2, -0.15) is 0 Å². The number of ether oxygens (including phenoxy) is 4. The zero-order valence-electron chi connectivity index (χ0n) is 49.7. The molecule has 0 aliphatic rings. The van der Waals surface area contributed by atoms with Crippen LogP contribution in [-0.4, -0.2) is 87.4 Å². The van der Waals surface area contributed by atoms with Crippen LogP contribution in [0, 0.1) is 0 Å². The van der Waals surface area contributed by atoms with Crippen LogP contribution in [0.2, 0.25) is 0 Å². The fourth-order valence-electron chi connectivity index (χ4n) is 8.94. The molecule has 0 fully saturated rings. The third kappa shape index (κ3) is 58.5. The van der Waals surface area contributed by atoms with E-state index in [0.717, 1.165) is 70.6 Å². The summed E-state index contributed by atoms with van der Waals surface area (Å²) in [5.74, 6) is -2.01. The van der Waals surface area contributed by atoms with Gasteiger partial charge in [0.05, 0.1) is 34.4 Å². The number of carbonyl (C=O) groups is 3. The summed E-state index contributed by atoms with van der Waals surface area (Å²) in [6, 6.07) is 0. The van der Waals surface area contributed by atoms with Gasteiger partial charge in [0, 0.05) is 12.8 Å². The SMILES string of the molecule is CC/C=C\C/C=C\C/C=C\CCCCCCCCCC(=O)OC(COC(=O)CCCCCCCCCCCCCCCCCCCCCCC/C=C\C/C=C\CCCCCCC)COC(OCC[N+](C)(C)C)C(=O)O. The number of unbranched alkanes of at least 4 members (excludes halogenated alkanes) is 33. The number of quaternary nitrogens is 1. The Morgan fingerprint density at radius 2 is 0.760 bits per heavy atom. The average Bonchev–Trinajstić information content (AvgIpc) is 3.38. The Labute approximate surface area is 463 Å². The van der Waals surface area contributed by atoms with Gasteiger partial charge in [0.25, 0.3) is 6.29 Å². The van der Waals surface area contributed by atoms with E-state index in [0.29, 0.717) is 23.9 Å². The Kier molecular flexibility index (Phi) is 54.9. The van der Waals surface area contributed by atoms with Crippen molar-refractivity contribution >= 4 is 17.9 Å². The molecule has 0 aliphatic heterocycles. The van der Waals surface area contributed by atoms with Crippen LogP contribution in [0.5, 0.6) is 0 Å². The topological polar surface area (TPSA) is 108 Å². The Bertz CT molecular complexity index is 1410. The minimum Gasteiger partial charge on any atom is -0.477 e. The van der Waals surface area contributed by atoms with Crippen LogP contribution in [0.15, 0.2) is 60.8 Å². The summed E-state index contributed by atoms with van der Waals surface area (Å²) in [5.41, 5.74) is 0. The first kappa shape index (κ1) is 72.0. The molecular weight excluding hydrogens is 935 g/mol. The molecule has 0 spiro atoms. The molecule has 2 unspecified atom stereocenters. The lowest BCUT2D eigenvalue weighted by molar-refractivity contribution is -0.870. The number of carboxylic acids is 1. The molecule has 0 saturated carbocycles. The van der Waals surface area contributed by atoms with Crippen LogP contribution < -0.4 is 0 Å². The second kappa shape index (κ2) is 57.2. The van der Waals surface area contributed by atoms with Crippen LogP contribution in [0.4, 0.5) is 0 Å². The zero-order chi connectivity index (χ0) is 54.8. The molecule has 0 saturated heterocycles. The highest BCUT2D eigenvalue weighted by Crippen LogP contribution is 2.17. The Hall–Kier alpha value is -3.01. The van der Waals surface area contributed by atoms with Crippen LogP contribution in [-0.2, 0) is 33.3 Å². The van der Waals surface area contributed by atoms with E-state index in [1.165, 1.54) is 180 Å². The molecule has 0 bridgehead atoms. The van der Waals surface area contributed by atoms with Gasteiger partial charge in [0.15, 0.2) is 6.10 Å². The lowest BCUT2D eigenvalue weighted by Crippen LogP contribution is -2.40. The number of likely N-dealkylation sites (N-methyl/N-ethyl adjacent to an activating group) is 1. The lowest BCUT2D eigenvalue weighted by Gasteiger charge is -2.25. The molecule has 0 aromatic heterocycles. The van der Waals surface area contributed by atoms with E-state index in [1.54, 1.807) is 0 Å². The lowest BCUT2D eigenvalue weighted by atomic mass is 10.0. The number of aliphatic carboxylic acids is 1.